The topological polar surface area (TPSA) is 77.0 Å². The lowest BCUT2D eigenvalue weighted by molar-refractivity contribution is -0.141. The second-order valence-electron chi connectivity index (χ2n) is 5.32. The van der Waals surface area contributed by atoms with Crippen molar-refractivity contribution in [2.75, 3.05) is 5.32 Å². The lowest BCUT2D eigenvalue weighted by Gasteiger charge is -2.13. The van der Waals surface area contributed by atoms with Crippen molar-refractivity contribution >= 4 is 23.2 Å². The molecule has 1 aromatic carbocycles. The number of hydrogen-bond acceptors (Lipinski definition) is 5. The lowest BCUT2D eigenvalue weighted by Crippen LogP contribution is -2.18. The van der Waals surface area contributed by atoms with Crippen molar-refractivity contribution in [3.8, 4) is 11.6 Å². The van der Waals surface area contributed by atoms with E-state index in [9.17, 15) is 22.4 Å². The molecule has 0 bridgehead atoms. The molecule has 0 atom stereocenters. The summed E-state index contributed by atoms with van der Waals surface area (Å²) in [6.45, 7) is 0. The summed E-state index contributed by atoms with van der Waals surface area (Å²) >= 11 is 5.84. The third kappa shape index (κ3) is 4.52. The highest BCUT2D eigenvalue weighted by molar-refractivity contribution is 6.32. The Bertz CT molecular complexity index is 1020. The second kappa shape index (κ2) is 7.77. The number of nitrogens with one attached hydrogen (secondary N) is 1. The fourth-order valence-corrected chi connectivity index (χ4v) is 2.26. The molecule has 3 aromatic rings. The van der Waals surface area contributed by atoms with Crippen molar-refractivity contribution in [3.05, 3.63) is 70.9 Å². The Morgan fingerprint density at radius 2 is 1.93 bits per heavy atom. The third-order valence-corrected chi connectivity index (χ3v) is 3.61. The smallest absolute Gasteiger partial charge is 0.435 e. The van der Waals surface area contributed by atoms with E-state index in [1.165, 1.54) is 24.5 Å². The molecule has 0 fully saturated rings. The first kappa shape index (κ1) is 19.5. The number of nitrogens with zero attached hydrogens (tertiary/aromatic N) is 3. The summed E-state index contributed by atoms with van der Waals surface area (Å²) < 4.78 is 57.4. The summed E-state index contributed by atoms with van der Waals surface area (Å²) in [6.07, 6.45) is -2.08. The van der Waals surface area contributed by atoms with Gasteiger partial charge in [-0.05, 0) is 36.4 Å². The summed E-state index contributed by atoms with van der Waals surface area (Å²) in [4.78, 5) is 16.3. The van der Waals surface area contributed by atoms with E-state index in [2.05, 4.69) is 20.5 Å². The average molecular weight is 413 g/mol. The first-order chi connectivity index (χ1) is 13.2. The van der Waals surface area contributed by atoms with E-state index in [1.807, 2.05) is 0 Å². The van der Waals surface area contributed by atoms with Crippen LogP contribution in [-0.4, -0.2) is 21.1 Å². The fraction of sp³-hybridized carbons (Fsp3) is 0.0588. The largest absolute Gasteiger partial charge is 0.435 e. The van der Waals surface area contributed by atoms with E-state index in [4.69, 9.17) is 16.3 Å². The molecule has 2 heterocycles. The van der Waals surface area contributed by atoms with Crippen LogP contribution in [0.15, 0.2) is 48.8 Å². The number of ether oxygens (including phenoxy) is 1. The van der Waals surface area contributed by atoms with Crippen molar-refractivity contribution in [1.82, 2.24) is 15.2 Å². The molecule has 3 rings (SSSR count). The number of hydrogen-bond donors (Lipinski definition) is 1. The number of anilines is 1. The van der Waals surface area contributed by atoms with Gasteiger partial charge in [0.05, 0.1) is 16.9 Å². The first-order valence-corrected chi connectivity index (χ1v) is 7.91. The van der Waals surface area contributed by atoms with E-state index < -0.39 is 35.0 Å². The summed E-state index contributed by atoms with van der Waals surface area (Å²) in [5.74, 6) is -2.25. The summed E-state index contributed by atoms with van der Waals surface area (Å²) in [5, 5.41) is 8.59. The van der Waals surface area contributed by atoms with Crippen LogP contribution in [-0.2, 0) is 6.18 Å². The lowest BCUT2D eigenvalue weighted by atomic mass is 10.2. The number of rotatable bonds is 4. The Labute approximate surface area is 160 Å². The highest BCUT2D eigenvalue weighted by atomic mass is 35.5. The normalized spacial score (nSPS) is 11.2. The molecule has 28 heavy (non-hydrogen) atoms. The maximum absolute atomic E-state index is 13.2. The Balaban J connectivity index is 2.00. The van der Waals surface area contributed by atoms with Crippen LogP contribution in [0.25, 0.3) is 0 Å². The minimum atomic E-state index is -4.83. The van der Waals surface area contributed by atoms with Gasteiger partial charge in [0.15, 0.2) is 5.69 Å². The Morgan fingerprint density at radius 3 is 2.57 bits per heavy atom. The van der Waals surface area contributed by atoms with Crippen molar-refractivity contribution < 1.29 is 27.1 Å². The van der Waals surface area contributed by atoms with Gasteiger partial charge in [-0.25, -0.2) is 4.39 Å². The number of amides is 1. The van der Waals surface area contributed by atoms with E-state index >= 15 is 0 Å². The van der Waals surface area contributed by atoms with E-state index in [0.717, 1.165) is 18.2 Å². The van der Waals surface area contributed by atoms with Crippen LogP contribution in [0.4, 0.5) is 23.2 Å². The van der Waals surface area contributed by atoms with Crippen molar-refractivity contribution in [2.45, 2.75) is 6.18 Å². The predicted molar refractivity (Wildman–Crippen MR) is 90.7 cm³/mol. The Kier molecular flexibility index (Phi) is 5.41. The number of benzene rings is 1. The van der Waals surface area contributed by atoms with Gasteiger partial charge in [-0.2, -0.15) is 13.2 Å². The Hall–Kier alpha value is -3.27. The number of carbonyl (C=O) groups excluding carboxylic acids is 1. The standard InChI is InChI=1S/C17H9ClF4N4O2/c18-12-6-9(19)3-4-13(12)28-16-11(7-14(25-26-16)17(20,21)22)15(27)24-10-2-1-5-23-8-10/h1-8H,(H,24,27). The SMILES string of the molecule is O=C(Nc1cccnc1)c1cc(C(F)(F)F)nnc1Oc1ccc(F)cc1Cl. The van der Waals surface area contributed by atoms with Crippen molar-refractivity contribution in [2.24, 2.45) is 0 Å². The predicted octanol–water partition coefficient (Wildman–Crippen LogP) is 4.73. The molecule has 144 valence electrons. The van der Waals surface area contributed by atoms with E-state index in [-0.39, 0.29) is 16.5 Å². The van der Waals surface area contributed by atoms with Gasteiger partial charge < -0.3 is 10.1 Å². The van der Waals surface area contributed by atoms with Crippen molar-refractivity contribution in [3.63, 3.8) is 0 Å². The molecule has 2 aromatic heterocycles. The first-order valence-electron chi connectivity index (χ1n) is 7.53. The van der Waals surface area contributed by atoms with Crippen LogP contribution in [0, 0.1) is 5.82 Å². The summed E-state index contributed by atoms with van der Waals surface area (Å²) in [7, 11) is 0. The number of pyridine rings is 1. The van der Waals surface area contributed by atoms with E-state index in [0.29, 0.717) is 6.07 Å². The third-order valence-electron chi connectivity index (χ3n) is 3.32. The quantitative estimate of drug-likeness (QED) is 0.627. The van der Waals surface area contributed by atoms with Crippen LogP contribution in [0.2, 0.25) is 5.02 Å². The molecular formula is C17H9ClF4N4O2. The highest BCUT2D eigenvalue weighted by Crippen LogP contribution is 2.33. The minimum Gasteiger partial charge on any atom is -0.435 e. The molecule has 0 aliphatic heterocycles. The van der Waals surface area contributed by atoms with E-state index in [1.54, 1.807) is 0 Å². The molecule has 0 aliphatic carbocycles. The van der Waals surface area contributed by atoms with Gasteiger partial charge in [0, 0.05) is 6.20 Å². The molecule has 6 nitrogen and oxygen atoms in total. The van der Waals surface area contributed by atoms with Crippen LogP contribution < -0.4 is 10.1 Å². The second-order valence-corrected chi connectivity index (χ2v) is 5.73. The molecule has 0 saturated carbocycles. The molecule has 0 aliphatic rings. The number of carbonyl (C=O) groups is 1. The number of halogens is 5. The number of aromatic nitrogens is 3. The molecule has 0 spiro atoms. The molecule has 1 amide bonds. The summed E-state index contributed by atoms with van der Waals surface area (Å²) in [6, 6.07) is 6.60. The van der Waals surface area contributed by atoms with Gasteiger partial charge >= 0.3 is 6.18 Å². The van der Waals surface area contributed by atoms with Gasteiger partial charge in [0.25, 0.3) is 11.8 Å². The minimum absolute atomic E-state index is 0.118. The monoisotopic (exact) mass is 412 g/mol. The van der Waals surface area contributed by atoms with Crippen LogP contribution in [0.1, 0.15) is 16.1 Å². The van der Waals surface area contributed by atoms with Gasteiger partial charge in [-0.3, -0.25) is 9.78 Å². The highest BCUT2D eigenvalue weighted by Gasteiger charge is 2.35. The fourth-order valence-electron chi connectivity index (χ4n) is 2.05. The van der Waals surface area contributed by atoms with Gasteiger partial charge in [0.2, 0.25) is 0 Å². The molecule has 0 radical (unpaired) electrons. The van der Waals surface area contributed by atoms with Crippen molar-refractivity contribution in [1.29, 1.82) is 0 Å². The molecule has 0 saturated heterocycles. The maximum Gasteiger partial charge on any atom is 0.435 e. The Morgan fingerprint density at radius 1 is 1.14 bits per heavy atom. The zero-order valence-corrected chi connectivity index (χ0v) is 14.4. The summed E-state index contributed by atoms with van der Waals surface area (Å²) in [5.41, 5.74) is -1.70. The van der Waals surface area contributed by atoms with Crippen LogP contribution >= 0.6 is 11.6 Å². The molecule has 0 unspecified atom stereocenters. The zero-order valence-electron chi connectivity index (χ0n) is 13.7. The molecule has 11 heteroatoms. The van der Waals surface area contributed by atoms with Gasteiger partial charge in [-0.15, -0.1) is 10.2 Å². The van der Waals surface area contributed by atoms with Crippen LogP contribution in [0.3, 0.4) is 0 Å². The molecule has 1 N–H and O–H groups in total. The van der Waals surface area contributed by atoms with Gasteiger partial charge in [0.1, 0.15) is 17.1 Å². The average Bonchev–Trinajstić information content (AvgIpc) is 2.64. The maximum atomic E-state index is 13.2. The van der Waals surface area contributed by atoms with Gasteiger partial charge in [-0.1, -0.05) is 11.6 Å². The van der Waals surface area contributed by atoms with Crippen LogP contribution in [0.5, 0.6) is 11.6 Å². The number of alkyl halides is 3. The molecular weight excluding hydrogens is 404 g/mol. The zero-order chi connectivity index (χ0) is 20.3.